The third kappa shape index (κ3) is 4.98. The summed E-state index contributed by atoms with van der Waals surface area (Å²) in [6, 6.07) is 15.2. The summed E-state index contributed by atoms with van der Waals surface area (Å²) < 4.78 is 11.2. The van der Waals surface area contributed by atoms with Gasteiger partial charge in [-0.3, -0.25) is 0 Å². The van der Waals surface area contributed by atoms with Crippen LogP contribution < -0.4 is 20.9 Å². The van der Waals surface area contributed by atoms with Gasteiger partial charge in [-0.1, -0.05) is 38.1 Å². The zero-order valence-electron chi connectivity index (χ0n) is 14.6. The summed E-state index contributed by atoms with van der Waals surface area (Å²) in [5, 5.41) is 0. The highest BCUT2D eigenvalue weighted by atomic mass is 16.5. The van der Waals surface area contributed by atoms with E-state index in [1.165, 1.54) is 0 Å². The van der Waals surface area contributed by atoms with Crippen LogP contribution in [0.15, 0.2) is 48.5 Å². The van der Waals surface area contributed by atoms with E-state index in [4.69, 9.17) is 20.9 Å². The first-order chi connectivity index (χ1) is 11.7. The van der Waals surface area contributed by atoms with E-state index in [0.717, 1.165) is 48.7 Å². The first-order valence-electron chi connectivity index (χ1n) is 8.62. The van der Waals surface area contributed by atoms with Crippen LogP contribution in [0, 0.1) is 0 Å². The lowest BCUT2D eigenvalue weighted by Gasteiger charge is -2.21. The molecule has 0 aromatic heterocycles. The van der Waals surface area contributed by atoms with E-state index in [2.05, 4.69) is 13.8 Å². The molecule has 0 saturated heterocycles. The topological polar surface area (TPSA) is 70.5 Å². The van der Waals surface area contributed by atoms with E-state index in [9.17, 15) is 0 Å². The predicted octanol–water partition coefficient (Wildman–Crippen LogP) is 3.96. The number of rotatable bonds is 9. The van der Waals surface area contributed by atoms with Gasteiger partial charge in [0, 0.05) is 12.1 Å². The first kappa shape index (κ1) is 18.3. The van der Waals surface area contributed by atoms with E-state index in [0.29, 0.717) is 0 Å². The molecule has 130 valence electrons. The summed E-state index contributed by atoms with van der Waals surface area (Å²) in [5.74, 6) is 1.72. The Kier molecular flexibility index (Phi) is 7.09. The maximum Gasteiger partial charge on any atom is 0.119 e. The Hall–Kier alpha value is -2.04. The second-order valence-electron chi connectivity index (χ2n) is 5.89. The van der Waals surface area contributed by atoms with Crippen LogP contribution in [-0.2, 0) is 0 Å². The molecule has 2 unspecified atom stereocenters. The normalized spacial score (nSPS) is 13.3. The van der Waals surface area contributed by atoms with Gasteiger partial charge < -0.3 is 20.9 Å². The number of hydrogen-bond acceptors (Lipinski definition) is 4. The molecule has 2 rings (SSSR count). The number of ether oxygens (including phenoxy) is 2. The van der Waals surface area contributed by atoms with Crippen LogP contribution in [0.3, 0.4) is 0 Å². The van der Waals surface area contributed by atoms with E-state index < -0.39 is 0 Å². The summed E-state index contributed by atoms with van der Waals surface area (Å²) in [6.07, 6.45) is 1.98. The summed E-state index contributed by atoms with van der Waals surface area (Å²) in [4.78, 5) is 0. The summed E-state index contributed by atoms with van der Waals surface area (Å²) >= 11 is 0. The molecule has 4 nitrogen and oxygen atoms in total. The van der Waals surface area contributed by atoms with Gasteiger partial charge in [0.2, 0.25) is 0 Å². The largest absolute Gasteiger partial charge is 0.494 e. The quantitative estimate of drug-likeness (QED) is 0.731. The van der Waals surface area contributed by atoms with E-state index in [1.54, 1.807) is 0 Å². The molecular formula is C20H28N2O2. The summed E-state index contributed by atoms with van der Waals surface area (Å²) in [5.41, 5.74) is 14.7. The number of nitrogens with two attached hydrogens (primary N) is 2. The minimum atomic E-state index is -0.271. The second kappa shape index (κ2) is 9.30. The highest BCUT2D eigenvalue weighted by Crippen LogP contribution is 2.27. The van der Waals surface area contributed by atoms with Crippen molar-refractivity contribution in [3.8, 4) is 11.5 Å². The zero-order valence-corrected chi connectivity index (χ0v) is 14.6. The van der Waals surface area contributed by atoms with Crippen molar-refractivity contribution < 1.29 is 9.47 Å². The van der Waals surface area contributed by atoms with Crippen molar-refractivity contribution in [1.29, 1.82) is 0 Å². The standard InChI is InChI=1S/C20H28N2O2/c1-3-13-23-17-9-5-15(6-10-17)19(21)20(22)16-7-11-18(12-8-16)24-14-4-2/h5-12,19-20H,3-4,13-14,21-22H2,1-2H3. The van der Waals surface area contributed by atoms with Gasteiger partial charge in [-0.25, -0.2) is 0 Å². The first-order valence-corrected chi connectivity index (χ1v) is 8.62. The Morgan fingerprint density at radius 1 is 0.667 bits per heavy atom. The molecule has 0 bridgehead atoms. The fraction of sp³-hybridized carbons (Fsp3) is 0.400. The average molecular weight is 328 g/mol. The fourth-order valence-corrected chi connectivity index (χ4v) is 2.43. The molecule has 0 amide bonds. The lowest BCUT2D eigenvalue weighted by molar-refractivity contribution is 0.317. The van der Waals surface area contributed by atoms with E-state index in [-0.39, 0.29) is 12.1 Å². The minimum Gasteiger partial charge on any atom is -0.494 e. The molecule has 0 radical (unpaired) electrons. The molecule has 2 aromatic rings. The molecule has 0 saturated carbocycles. The van der Waals surface area contributed by atoms with Gasteiger partial charge in [0.05, 0.1) is 13.2 Å². The van der Waals surface area contributed by atoms with Crippen molar-refractivity contribution in [3.63, 3.8) is 0 Å². The maximum absolute atomic E-state index is 6.34. The molecule has 4 heteroatoms. The predicted molar refractivity (Wildman–Crippen MR) is 98.3 cm³/mol. The molecule has 2 aromatic carbocycles. The highest BCUT2D eigenvalue weighted by molar-refractivity contribution is 5.34. The van der Waals surface area contributed by atoms with Gasteiger partial charge in [-0.2, -0.15) is 0 Å². The van der Waals surface area contributed by atoms with Crippen molar-refractivity contribution in [3.05, 3.63) is 59.7 Å². The molecule has 0 aliphatic heterocycles. The van der Waals surface area contributed by atoms with Gasteiger partial charge >= 0.3 is 0 Å². The van der Waals surface area contributed by atoms with Gasteiger partial charge in [-0.15, -0.1) is 0 Å². The Morgan fingerprint density at radius 2 is 1.00 bits per heavy atom. The Balaban J connectivity index is 2.01. The van der Waals surface area contributed by atoms with Crippen molar-refractivity contribution in [1.82, 2.24) is 0 Å². The van der Waals surface area contributed by atoms with Gasteiger partial charge in [0.25, 0.3) is 0 Å². The number of benzene rings is 2. The maximum atomic E-state index is 6.34. The van der Waals surface area contributed by atoms with E-state index in [1.807, 2.05) is 48.5 Å². The van der Waals surface area contributed by atoms with Crippen LogP contribution >= 0.6 is 0 Å². The molecule has 0 heterocycles. The van der Waals surface area contributed by atoms with E-state index >= 15 is 0 Å². The number of hydrogen-bond donors (Lipinski definition) is 2. The Labute approximate surface area is 144 Å². The molecule has 4 N–H and O–H groups in total. The SMILES string of the molecule is CCCOc1ccc(C(N)C(N)c2ccc(OCCC)cc2)cc1. The smallest absolute Gasteiger partial charge is 0.119 e. The molecule has 0 aliphatic carbocycles. The third-order valence-electron chi connectivity index (χ3n) is 3.86. The third-order valence-corrected chi connectivity index (χ3v) is 3.86. The summed E-state index contributed by atoms with van der Waals surface area (Å²) in [6.45, 7) is 5.61. The van der Waals surface area contributed by atoms with Crippen molar-refractivity contribution in [2.45, 2.75) is 38.8 Å². The molecule has 0 spiro atoms. The summed E-state index contributed by atoms with van der Waals surface area (Å²) in [7, 11) is 0. The fourth-order valence-electron chi connectivity index (χ4n) is 2.43. The molecular weight excluding hydrogens is 300 g/mol. The van der Waals surface area contributed by atoms with Crippen molar-refractivity contribution >= 4 is 0 Å². The Bertz CT molecular complexity index is 541. The lowest BCUT2D eigenvalue weighted by Crippen LogP contribution is -2.26. The van der Waals surface area contributed by atoms with Crippen LogP contribution in [0.25, 0.3) is 0 Å². The van der Waals surface area contributed by atoms with Crippen LogP contribution in [0.4, 0.5) is 0 Å². The van der Waals surface area contributed by atoms with Crippen LogP contribution in [0.1, 0.15) is 49.9 Å². The monoisotopic (exact) mass is 328 g/mol. The van der Waals surface area contributed by atoms with Gasteiger partial charge in [-0.05, 0) is 48.2 Å². The van der Waals surface area contributed by atoms with Crippen LogP contribution in [0.2, 0.25) is 0 Å². The van der Waals surface area contributed by atoms with Crippen molar-refractivity contribution in [2.24, 2.45) is 11.5 Å². The lowest BCUT2D eigenvalue weighted by atomic mass is 9.95. The molecule has 0 aliphatic rings. The molecule has 24 heavy (non-hydrogen) atoms. The highest BCUT2D eigenvalue weighted by Gasteiger charge is 2.17. The Morgan fingerprint density at radius 3 is 1.29 bits per heavy atom. The van der Waals surface area contributed by atoms with Crippen LogP contribution in [-0.4, -0.2) is 13.2 Å². The molecule has 2 atom stereocenters. The van der Waals surface area contributed by atoms with Crippen molar-refractivity contribution in [2.75, 3.05) is 13.2 Å². The van der Waals surface area contributed by atoms with Gasteiger partial charge in [0.15, 0.2) is 0 Å². The van der Waals surface area contributed by atoms with Crippen LogP contribution in [0.5, 0.6) is 11.5 Å². The second-order valence-corrected chi connectivity index (χ2v) is 5.89. The molecule has 0 fully saturated rings. The van der Waals surface area contributed by atoms with Gasteiger partial charge in [0.1, 0.15) is 11.5 Å². The minimum absolute atomic E-state index is 0.271. The average Bonchev–Trinajstić information content (AvgIpc) is 2.64. The zero-order chi connectivity index (χ0) is 17.4.